The Morgan fingerprint density at radius 2 is 1.88 bits per heavy atom. The Morgan fingerprint density at radius 1 is 1.20 bits per heavy atom. The lowest BCUT2D eigenvalue weighted by molar-refractivity contribution is -0.120. The van der Waals surface area contributed by atoms with Gasteiger partial charge in [-0.2, -0.15) is 0 Å². The fourth-order valence-electron chi connectivity index (χ4n) is 5.14. The summed E-state index contributed by atoms with van der Waals surface area (Å²) in [6, 6.07) is 0. The average Bonchev–Trinajstić information content (AvgIpc) is 2.88. The number of allylic oxidation sites excluding steroid dienone is 4. The number of nitrogens with two attached hydrogens (primary N) is 1. The largest absolute Gasteiger partial charge is 0.439 e. The maximum absolute atomic E-state index is 13.4. The van der Waals surface area contributed by atoms with Gasteiger partial charge < -0.3 is 30.9 Å². The van der Waals surface area contributed by atoms with Crippen molar-refractivity contribution < 1.29 is 33.8 Å². The number of carbonyl (C=O) groups is 4. The van der Waals surface area contributed by atoms with Crippen LogP contribution in [-0.4, -0.2) is 60.6 Å². The van der Waals surface area contributed by atoms with E-state index in [0.717, 1.165) is 6.08 Å². The number of ketones is 2. The maximum Gasteiger partial charge on any atom is 0.405 e. The van der Waals surface area contributed by atoms with Crippen LogP contribution in [0, 0.1) is 17.8 Å². The van der Waals surface area contributed by atoms with Gasteiger partial charge in [0.25, 0.3) is 5.91 Å². The number of likely N-dealkylation sites (N-methyl/N-ethyl adjacent to an activating group) is 1. The number of nitrogens with one attached hydrogen (secondary N) is 2. The third-order valence-corrected chi connectivity index (χ3v) is 7.19. The van der Waals surface area contributed by atoms with Gasteiger partial charge in [0.1, 0.15) is 6.10 Å². The summed E-state index contributed by atoms with van der Waals surface area (Å²) in [6.07, 6.45) is 5.22. The molecule has 0 saturated carbocycles. The van der Waals surface area contributed by atoms with E-state index in [4.69, 9.17) is 15.2 Å². The summed E-state index contributed by atoms with van der Waals surface area (Å²) in [5.74, 6) is -1.87. The molecule has 40 heavy (non-hydrogen) atoms. The van der Waals surface area contributed by atoms with Crippen molar-refractivity contribution in [3.8, 4) is 0 Å². The van der Waals surface area contributed by atoms with Crippen molar-refractivity contribution in [3.05, 3.63) is 58.5 Å². The molecule has 0 saturated heterocycles. The van der Waals surface area contributed by atoms with Crippen LogP contribution in [0.25, 0.3) is 0 Å². The van der Waals surface area contributed by atoms with Gasteiger partial charge in [0, 0.05) is 36.8 Å². The Kier molecular flexibility index (Phi) is 12.1. The van der Waals surface area contributed by atoms with Crippen molar-refractivity contribution in [1.82, 2.24) is 10.6 Å². The summed E-state index contributed by atoms with van der Waals surface area (Å²) in [6.45, 7) is 11.4. The van der Waals surface area contributed by atoms with Gasteiger partial charge in [-0.15, -0.1) is 0 Å². The highest BCUT2D eigenvalue weighted by Crippen LogP contribution is 2.30. The van der Waals surface area contributed by atoms with Gasteiger partial charge in [-0.05, 0) is 51.0 Å². The van der Waals surface area contributed by atoms with Crippen molar-refractivity contribution in [2.45, 2.75) is 72.7 Å². The number of Topliss-reactive ketones (excluding diaryl/α,β-unsaturated/α-hetero) is 1. The zero-order chi connectivity index (χ0) is 30.1. The predicted molar refractivity (Wildman–Crippen MR) is 152 cm³/mol. The van der Waals surface area contributed by atoms with E-state index in [9.17, 15) is 24.3 Å². The molecule has 10 nitrogen and oxygen atoms in total. The normalized spacial score (nSPS) is 32.7. The van der Waals surface area contributed by atoms with Crippen LogP contribution < -0.4 is 16.4 Å². The van der Waals surface area contributed by atoms with Crippen LogP contribution >= 0.6 is 0 Å². The fourth-order valence-corrected chi connectivity index (χ4v) is 5.14. The molecule has 220 valence electrons. The van der Waals surface area contributed by atoms with Crippen molar-refractivity contribution in [3.63, 3.8) is 0 Å². The Hall–Kier alpha value is -3.50. The number of hydrogen-bond acceptors (Lipinski definition) is 8. The first-order valence-corrected chi connectivity index (χ1v) is 13.6. The Morgan fingerprint density at radius 3 is 2.48 bits per heavy atom. The molecule has 1 aliphatic carbocycles. The number of primary amides is 1. The first kappa shape index (κ1) is 32.7. The van der Waals surface area contributed by atoms with Gasteiger partial charge in [-0.25, -0.2) is 4.79 Å². The van der Waals surface area contributed by atoms with Gasteiger partial charge in [0.2, 0.25) is 11.6 Å². The third-order valence-electron chi connectivity index (χ3n) is 7.19. The minimum absolute atomic E-state index is 0.0610. The van der Waals surface area contributed by atoms with E-state index < -0.39 is 36.1 Å². The summed E-state index contributed by atoms with van der Waals surface area (Å²) in [4.78, 5) is 51.0. The number of carbonyl (C=O) groups excluding carboxylic acids is 4. The van der Waals surface area contributed by atoms with Gasteiger partial charge in [-0.3, -0.25) is 14.4 Å². The number of ether oxygens (including phenoxy) is 2. The van der Waals surface area contributed by atoms with Crippen LogP contribution in [-0.2, 0) is 23.9 Å². The number of amides is 2. The summed E-state index contributed by atoms with van der Waals surface area (Å²) in [7, 11) is 1.45. The minimum Gasteiger partial charge on any atom is -0.439 e. The second-order valence-corrected chi connectivity index (χ2v) is 10.7. The minimum atomic E-state index is -0.974. The summed E-state index contributed by atoms with van der Waals surface area (Å²) >= 11 is 0. The van der Waals surface area contributed by atoms with Crippen LogP contribution in [0.2, 0.25) is 0 Å². The number of methoxy groups -OCH3 is 1. The topological polar surface area (TPSA) is 157 Å². The van der Waals surface area contributed by atoms with Gasteiger partial charge in [0.15, 0.2) is 6.10 Å². The second kappa shape index (κ2) is 14.8. The lowest BCUT2D eigenvalue weighted by Crippen LogP contribution is -2.36. The second-order valence-electron chi connectivity index (χ2n) is 10.7. The summed E-state index contributed by atoms with van der Waals surface area (Å²) in [5, 5.41) is 16.7. The molecule has 0 fully saturated rings. The molecule has 0 aromatic carbocycles. The average molecular weight is 558 g/mol. The molecule has 6 atom stereocenters. The highest BCUT2D eigenvalue weighted by Gasteiger charge is 2.32. The molecule has 2 rings (SSSR count). The highest BCUT2D eigenvalue weighted by atomic mass is 16.6. The number of aliphatic hydroxyl groups excluding tert-OH is 1. The molecule has 2 bridgehead atoms. The predicted octanol–water partition coefficient (Wildman–Crippen LogP) is 2.99. The molecule has 1 aliphatic heterocycles. The van der Waals surface area contributed by atoms with E-state index in [1.54, 1.807) is 26.0 Å². The molecule has 0 spiro atoms. The van der Waals surface area contributed by atoms with E-state index >= 15 is 0 Å². The molecule has 0 aromatic heterocycles. The summed E-state index contributed by atoms with van der Waals surface area (Å²) < 4.78 is 10.9. The lowest BCUT2D eigenvalue weighted by Gasteiger charge is -2.29. The molecule has 2 aliphatic rings. The molecule has 0 radical (unpaired) electrons. The van der Waals surface area contributed by atoms with Crippen LogP contribution in [0.1, 0.15) is 54.4 Å². The molecule has 1 heterocycles. The summed E-state index contributed by atoms with van der Waals surface area (Å²) in [5.41, 5.74) is 6.72. The van der Waals surface area contributed by atoms with E-state index in [2.05, 4.69) is 10.6 Å². The van der Waals surface area contributed by atoms with Gasteiger partial charge in [0.05, 0.1) is 17.5 Å². The molecule has 2 amide bonds. The first-order chi connectivity index (χ1) is 18.8. The van der Waals surface area contributed by atoms with Crippen LogP contribution in [0.4, 0.5) is 4.79 Å². The maximum atomic E-state index is 13.4. The van der Waals surface area contributed by atoms with E-state index in [1.165, 1.54) is 13.2 Å². The monoisotopic (exact) mass is 557 g/mol. The molecular formula is C30H43N3O7. The van der Waals surface area contributed by atoms with Crippen LogP contribution in [0.15, 0.2) is 58.5 Å². The third kappa shape index (κ3) is 8.50. The Labute approximate surface area is 236 Å². The first-order valence-electron chi connectivity index (χ1n) is 13.6. The molecule has 0 unspecified atom stereocenters. The van der Waals surface area contributed by atoms with E-state index in [0.29, 0.717) is 30.5 Å². The number of fused-ring (bicyclic) bond motifs is 2. The smallest absolute Gasteiger partial charge is 0.405 e. The Bertz CT molecular complexity index is 1150. The standard InChI is InChI=1S/C30H43N3O7/c1-8-32-25-21-13-16(2)12-18(4)26(35)19(5)14-20(6)28(40-30(31)38)24(39-7)11-9-10-17(3)29(37)33-22(27(21)36)15-23(25)34/h9-11,14-16,18-19,24,26,28,32,35H,8,12-13H2,1-7H3,(H2,31,38)(H,33,37)/b11-9-,17-10+,20-14+/t16-,18+,19-,24+,26-,28+/m1/s1. The number of hydrogen-bond donors (Lipinski definition) is 4. The number of aliphatic hydroxyl groups is 1. The van der Waals surface area contributed by atoms with Gasteiger partial charge in [-0.1, -0.05) is 45.1 Å². The molecule has 0 aromatic rings. The van der Waals surface area contributed by atoms with Crippen molar-refractivity contribution >= 4 is 23.6 Å². The Balaban J connectivity index is 2.58. The molecule has 5 N–H and O–H groups in total. The molecule has 10 heteroatoms. The fraction of sp³-hybridized carbons (Fsp3) is 0.533. The highest BCUT2D eigenvalue weighted by molar-refractivity contribution is 6.23. The SMILES string of the molecule is CCNC1=C2C[C@H](C)C[C@H](C)[C@@H](O)[C@H](C)/C=C(\C)[C@H](OC(N)=O)[C@@H](OC)/C=C\C=C(/C)C(=O)NC(=CC1=O)C2=O. The van der Waals surface area contributed by atoms with Crippen molar-refractivity contribution in [2.75, 3.05) is 13.7 Å². The van der Waals surface area contributed by atoms with Crippen LogP contribution in [0.3, 0.4) is 0 Å². The van der Waals surface area contributed by atoms with Crippen LogP contribution in [0.5, 0.6) is 0 Å². The van der Waals surface area contributed by atoms with Gasteiger partial charge >= 0.3 is 6.09 Å². The quantitative estimate of drug-likeness (QED) is 0.304. The van der Waals surface area contributed by atoms with Crippen molar-refractivity contribution in [1.29, 1.82) is 0 Å². The van der Waals surface area contributed by atoms with E-state index in [1.807, 2.05) is 33.8 Å². The zero-order valence-corrected chi connectivity index (χ0v) is 24.4. The van der Waals surface area contributed by atoms with E-state index in [-0.39, 0.29) is 40.5 Å². The number of rotatable bonds is 4. The molecular weight excluding hydrogens is 514 g/mol. The lowest BCUT2D eigenvalue weighted by atomic mass is 9.82. The zero-order valence-electron chi connectivity index (χ0n) is 24.4. The van der Waals surface area contributed by atoms with Crippen molar-refractivity contribution in [2.24, 2.45) is 23.5 Å².